The average molecular weight is 439 g/mol. The molecule has 0 N–H and O–H groups in total. The van der Waals surface area contributed by atoms with Gasteiger partial charge in [-0.15, -0.1) is 0 Å². The van der Waals surface area contributed by atoms with Gasteiger partial charge in [0, 0.05) is 36.1 Å². The molecule has 0 radical (unpaired) electrons. The molecule has 1 heterocycles. The van der Waals surface area contributed by atoms with Gasteiger partial charge in [-0.25, -0.2) is 0 Å². The maximum atomic E-state index is 12.6. The van der Waals surface area contributed by atoms with Crippen LogP contribution < -0.4 is 5.56 Å². The summed E-state index contributed by atoms with van der Waals surface area (Å²) < 4.78 is 1.94. The van der Waals surface area contributed by atoms with Crippen LogP contribution in [0.15, 0.2) is 70.5 Å². The molecule has 0 unspecified atom stereocenters. The average Bonchev–Trinajstić information content (AvgIpc) is 2.76. The Hall–Kier alpha value is -2.36. The molecule has 154 valence electrons. The SMILES string of the molecule is O=c1ccc2c(n1CCc1ccccc1)CCCC2=NCCc1ccc(Cl)c(Cl)c1. The summed E-state index contributed by atoms with van der Waals surface area (Å²) in [6.45, 7) is 1.39. The summed E-state index contributed by atoms with van der Waals surface area (Å²) in [5, 5.41) is 1.15. The number of hydrogen-bond donors (Lipinski definition) is 0. The Bertz CT molecular complexity index is 1120. The Morgan fingerprint density at radius 1 is 0.867 bits per heavy atom. The standard InChI is InChI=1S/C25H24Cl2N2O/c26-21-11-9-19(17-22(21)27)13-15-28-23-7-4-8-24-20(23)10-12-25(30)29(24)16-14-18-5-2-1-3-6-18/h1-3,5-6,9-12,17H,4,7-8,13-16H2. The fourth-order valence-corrected chi connectivity index (χ4v) is 4.34. The molecule has 4 rings (SSSR count). The zero-order valence-electron chi connectivity index (χ0n) is 16.8. The lowest BCUT2D eigenvalue weighted by Gasteiger charge is -2.22. The van der Waals surface area contributed by atoms with E-state index in [-0.39, 0.29) is 5.56 Å². The van der Waals surface area contributed by atoms with Gasteiger partial charge >= 0.3 is 0 Å². The predicted molar refractivity (Wildman–Crippen MR) is 125 cm³/mol. The lowest BCUT2D eigenvalue weighted by atomic mass is 9.93. The van der Waals surface area contributed by atoms with Crippen LogP contribution in [0.2, 0.25) is 10.0 Å². The van der Waals surface area contributed by atoms with Crippen LogP contribution in [0.25, 0.3) is 0 Å². The van der Waals surface area contributed by atoms with E-state index in [4.69, 9.17) is 28.2 Å². The van der Waals surface area contributed by atoms with Gasteiger partial charge in [0.05, 0.1) is 10.0 Å². The second-order valence-electron chi connectivity index (χ2n) is 7.60. The Morgan fingerprint density at radius 2 is 1.70 bits per heavy atom. The van der Waals surface area contributed by atoms with Crippen molar-refractivity contribution < 1.29 is 0 Å². The highest BCUT2D eigenvalue weighted by molar-refractivity contribution is 6.42. The molecule has 0 fully saturated rings. The first kappa shape index (κ1) is 20.9. The number of hydrogen-bond acceptors (Lipinski definition) is 2. The first-order valence-corrected chi connectivity index (χ1v) is 11.1. The Labute approximate surface area is 187 Å². The third-order valence-corrected chi connectivity index (χ3v) is 6.33. The van der Waals surface area contributed by atoms with E-state index in [0.717, 1.165) is 54.6 Å². The van der Waals surface area contributed by atoms with Gasteiger partial charge in [-0.05, 0) is 61.4 Å². The molecule has 0 bridgehead atoms. The van der Waals surface area contributed by atoms with Crippen LogP contribution in [-0.2, 0) is 25.8 Å². The number of benzene rings is 2. The van der Waals surface area contributed by atoms with Gasteiger partial charge in [-0.1, -0.05) is 59.6 Å². The lowest BCUT2D eigenvalue weighted by molar-refractivity contribution is 0.612. The van der Waals surface area contributed by atoms with Crippen LogP contribution in [0, 0.1) is 0 Å². The van der Waals surface area contributed by atoms with E-state index in [2.05, 4.69) is 12.1 Å². The molecule has 5 heteroatoms. The molecule has 0 spiro atoms. The summed E-state index contributed by atoms with van der Waals surface area (Å²) in [5.41, 5.74) is 5.79. The maximum absolute atomic E-state index is 12.6. The quantitative estimate of drug-likeness (QED) is 0.481. The summed E-state index contributed by atoms with van der Waals surface area (Å²) in [7, 11) is 0. The van der Waals surface area contributed by atoms with Gasteiger partial charge in [-0.2, -0.15) is 0 Å². The summed E-state index contributed by atoms with van der Waals surface area (Å²) in [5.74, 6) is 0. The topological polar surface area (TPSA) is 34.4 Å². The normalized spacial score (nSPS) is 14.7. The smallest absolute Gasteiger partial charge is 0.250 e. The first-order chi connectivity index (χ1) is 14.6. The zero-order chi connectivity index (χ0) is 20.9. The van der Waals surface area contributed by atoms with Crippen LogP contribution in [0.3, 0.4) is 0 Å². The third-order valence-electron chi connectivity index (χ3n) is 5.59. The summed E-state index contributed by atoms with van der Waals surface area (Å²) in [6, 6.07) is 19.7. The molecule has 0 saturated carbocycles. The molecule has 0 aliphatic heterocycles. The van der Waals surface area contributed by atoms with Crippen molar-refractivity contribution in [2.24, 2.45) is 4.99 Å². The first-order valence-electron chi connectivity index (χ1n) is 10.4. The van der Waals surface area contributed by atoms with Gasteiger partial charge in [0.2, 0.25) is 0 Å². The van der Waals surface area contributed by atoms with Crippen molar-refractivity contribution in [3.05, 3.63) is 103 Å². The van der Waals surface area contributed by atoms with Gasteiger partial charge in [0.25, 0.3) is 5.56 Å². The third kappa shape index (κ3) is 4.85. The maximum Gasteiger partial charge on any atom is 0.250 e. The van der Waals surface area contributed by atoms with Crippen molar-refractivity contribution in [1.29, 1.82) is 0 Å². The summed E-state index contributed by atoms with van der Waals surface area (Å²) in [4.78, 5) is 17.5. The molecule has 1 aliphatic carbocycles. The molecule has 1 aliphatic rings. The number of aliphatic imine (C=N–C) groups is 1. The largest absolute Gasteiger partial charge is 0.312 e. The van der Waals surface area contributed by atoms with Gasteiger partial charge in [0.1, 0.15) is 0 Å². The van der Waals surface area contributed by atoms with Crippen molar-refractivity contribution in [1.82, 2.24) is 4.57 Å². The molecule has 0 amide bonds. The second kappa shape index (κ2) is 9.63. The number of halogens is 2. The number of rotatable bonds is 6. The fourth-order valence-electron chi connectivity index (χ4n) is 4.02. The molecule has 3 aromatic rings. The van der Waals surface area contributed by atoms with Gasteiger partial charge in [0.15, 0.2) is 0 Å². The monoisotopic (exact) mass is 438 g/mol. The number of aromatic nitrogens is 1. The van der Waals surface area contributed by atoms with E-state index in [0.29, 0.717) is 23.1 Å². The van der Waals surface area contributed by atoms with Crippen LogP contribution in [0.4, 0.5) is 0 Å². The summed E-state index contributed by atoms with van der Waals surface area (Å²) in [6.07, 6.45) is 4.55. The Balaban J connectivity index is 1.52. The Morgan fingerprint density at radius 3 is 2.50 bits per heavy atom. The Kier molecular flexibility index (Phi) is 6.71. The van der Waals surface area contributed by atoms with Crippen molar-refractivity contribution >= 4 is 28.9 Å². The minimum atomic E-state index is 0.0711. The molecule has 3 nitrogen and oxygen atoms in total. The highest BCUT2D eigenvalue weighted by Crippen LogP contribution is 2.24. The minimum Gasteiger partial charge on any atom is -0.312 e. The molecule has 2 aromatic carbocycles. The van der Waals surface area contributed by atoms with Crippen molar-refractivity contribution in [3.8, 4) is 0 Å². The molecule has 1 aromatic heterocycles. The molecule has 30 heavy (non-hydrogen) atoms. The molecular formula is C25H24Cl2N2O. The molecule has 0 atom stereocenters. The number of fused-ring (bicyclic) bond motifs is 1. The van der Waals surface area contributed by atoms with Gasteiger partial charge < -0.3 is 4.57 Å². The van der Waals surface area contributed by atoms with Crippen LogP contribution in [0.5, 0.6) is 0 Å². The van der Waals surface area contributed by atoms with Crippen LogP contribution >= 0.6 is 23.2 Å². The molecular weight excluding hydrogens is 415 g/mol. The van der Waals surface area contributed by atoms with E-state index in [1.807, 2.05) is 47.0 Å². The zero-order valence-corrected chi connectivity index (χ0v) is 18.3. The number of aryl methyl sites for hydroxylation is 1. The van der Waals surface area contributed by atoms with E-state index in [9.17, 15) is 4.79 Å². The van der Waals surface area contributed by atoms with Gasteiger partial charge in [-0.3, -0.25) is 9.79 Å². The van der Waals surface area contributed by atoms with E-state index in [1.165, 1.54) is 5.56 Å². The molecule has 0 saturated heterocycles. The van der Waals surface area contributed by atoms with Crippen LogP contribution in [0.1, 0.15) is 35.2 Å². The number of pyridine rings is 1. The predicted octanol–water partition coefficient (Wildman–Crippen LogP) is 5.77. The van der Waals surface area contributed by atoms with E-state index in [1.54, 1.807) is 6.07 Å². The second-order valence-corrected chi connectivity index (χ2v) is 8.41. The summed E-state index contributed by atoms with van der Waals surface area (Å²) >= 11 is 12.1. The van der Waals surface area contributed by atoms with E-state index >= 15 is 0 Å². The highest BCUT2D eigenvalue weighted by Gasteiger charge is 2.19. The lowest BCUT2D eigenvalue weighted by Crippen LogP contribution is -2.29. The minimum absolute atomic E-state index is 0.0711. The van der Waals surface area contributed by atoms with Crippen molar-refractivity contribution in [2.45, 2.75) is 38.6 Å². The number of nitrogens with zero attached hydrogens (tertiary/aromatic N) is 2. The van der Waals surface area contributed by atoms with Crippen molar-refractivity contribution in [2.75, 3.05) is 6.54 Å². The van der Waals surface area contributed by atoms with Crippen LogP contribution in [-0.4, -0.2) is 16.8 Å². The fraction of sp³-hybridized carbons (Fsp3) is 0.280. The van der Waals surface area contributed by atoms with Crippen molar-refractivity contribution in [3.63, 3.8) is 0 Å². The highest BCUT2D eigenvalue weighted by atomic mass is 35.5. The van der Waals surface area contributed by atoms with E-state index < -0.39 is 0 Å².